The van der Waals surface area contributed by atoms with Gasteiger partial charge in [0, 0.05) is 13.1 Å². The Labute approximate surface area is 274 Å². The smallest absolute Gasteiger partial charge is 0.315 e. The molecule has 1 aliphatic heterocycles. The van der Waals surface area contributed by atoms with Gasteiger partial charge in [0.1, 0.15) is 12.1 Å². The van der Waals surface area contributed by atoms with Crippen LogP contribution in [0, 0.1) is 28.6 Å². The van der Waals surface area contributed by atoms with Gasteiger partial charge < -0.3 is 40.7 Å². The maximum Gasteiger partial charge on any atom is 0.315 e. The second-order valence-electron chi connectivity index (χ2n) is 14.7. The zero-order chi connectivity index (χ0) is 35.1. The molecule has 0 aromatic rings. The number of aliphatic hydroxyl groups is 1. The number of fused-ring (bicyclic) bond motifs is 1. The summed E-state index contributed by atoms with van der Waals surface area (Å²) in [6.07, 6.45) is 2.01. The predicted molar refractivity (Wildman–Crippen MR) is 173 cm³/mol. The average molecular weight is 652 g/mol. The molecule has 7 atom stereocenters. The lowest BCUT2D eigenvalue weighted by atomic mass is 9.85. The number of carbonyl (C=O) groups is 5. The van der Waals surface area contributed by atoms with Crippen molar-refractivity contribution in [1.29, 1.82) is 0 Å². The number of ether oxygens (including phenoxy) is 2. The number of likely N-dealkylation sites (tertiary alicyclic amines) is 1. The van der Waals surface area contributed by atoms with Gasteiger partial charge in [0.25, 0.3) is 12.4 Å². The number of rotatable bonds is 17. The Morgan fingerprint density at radius 1 is 1.07 bits per heavy atom. The molecule has 0 aromatic carbocycles. The van der Waals surface area contributed by atoms with E-state index in [1.165, 1.54) is 11.0 Å². The van der Waals surface area contributed by atoms with Crippen LogP contribution in [0.3, 0.4) is 0 Å². The molecule has 46 heavy (non-hydrogen) atoms. The number of nitrogens with zero attached hydrogens (tertiary/aromatic N) is 1. The lowest BCUT2D eigenvalue weighted by Gasteiger charge is -2.38. The first-order valence-electron chi connectivity index (χ1n) is 16.3. The number of carbonyl (C=O) groups excluding carboxylic acids is 5. The van der Waals surface area contributed by atoms with Gasteiger partial charge >= 0.3 is 6.03 Å². The summed E-state index contributed by atoms with van der Waals surface area (Å²) in [4.78, 5) is 68.2. The van der Waals surface area contributed by atoms with Crippen LogP contribution in [0.2, 0.25) is 0 Å². The van der Waals surface area contributed by atoms with Crippen molar-refractivity contribution in [2.24, 2.45) is 28.6 Å². The van der Waals surface area contributed by atoms with Crippen LogP contribution >= 0.6 is 0 Å². The zero-order valence-electron chi connectivity index (χ0n) is 29.3. The fraction of sp³-hybridized carbons (Fsp3) is 0.788. The van der Waals surface area contributed by atoms with Crippen LogP contribution in [-0.2, 0) is 28.7 Å². The molecule has 13 nitrogen and oxygen atoms in total. The molecule has 2 aliphatic rings. The summed E-state index contributed by atoms with van der Waals surface area (Å²) in [5.41, 5.74) is -0.923. The van der Waals surface area contributed by atoms with Crippen molar-refractivity contribution in [2.45, 2.75) is 119 Å². The summed E-state index contributed by atoms with van der Waals surface area (Å²) >= 11 is 0. The Kier molecular flexibility index (Phi) is 13.8. The monoisotopic (exact) mass is 651 g/mol. The highest BCUT2D eigenvalue weighted by molar-refractivity contribution is 6.38. The first-order valence-corrected chi connectivity index (χ1v) is 16.3. The van der Waals surface area contributed by atoms with Gasteiger partial charge in [-0.05, 0) is 48.9 Å². The fourth-order valence-electron chi connectivity index (χ4n) is 6.05. The number of urea groups is 1. The molecule has 0 spiro atoms. The van der Waals surface area contributed by atoms with Gasteiger partial charge in [-0.2, -0.15) is 0 Å². The maximum absolute atomic E-state index is 14.2. The topological polar surface area (TPSA) is 175 Å². The molecule has 0 radical (unpaired) electrons. The number of hydrogen-bond donors (Lipinski definition) is 5. The zero-order valence-corrected chi connectivity index (χ0v) is 29.3. The number of ketones is 1. The Morgan fingerprint density at radius 3 is 2.22 bits per heavy atom. The predicted octanol–water partition coefficient (Wildman–Crippen LogP) is 2.08. The number of nitrogens with one attached hydrogen (secondary N) is 4. The van der Waals surface area contributed by atoms with Crippen LogP contribution in [0.5, 0.6) is 0 Å². The molecular weight excluding hydrogens is 594 g/mol. The highest BCUT2D eigenvalue weighted by atomic mass is 16.8. The third kappa shape index (κ3) is 9.98. The molecule has 4 unspecified atom stereocenters. The van der Waals surface area contributed by atoms with Crippen LogP contribution in [-0.4, -0.2) is 96.0 Å². The normalized spacial score (nSPS) is 22.7. The summed E-state index contributed by atoms with van der Waals surface area (Å²) < 4.78 is 10.6. The molecule has 262 valence electrons. The van der Waals surface area contributed by atoms with Gasteiger partial charge in [-0.3, -0.25) is 19.2 Å². The highest BCUT2D eigenvalue weighted by Crippen LogP contribution is 2.65. The first kappa shape index (κ1) is 39.1. The van der Waals surface area contributed by atoms with Crippen molar-refractivity contribution in [3.05, 3.63) is 12.7 Å². The molecule has 2 rings (SSSR count). The Morgan fingerprint density at radius 2 is 1.70 bits per heavy atom. The quantitative estimate of drug-likeness (QED) is 0.0903. The number of amides is 5. The van der Waals surface area contributed by atoms with E-state index in [2.05, 4.69) is 27.8 Å². The van der Waals surface area contributed by atoms with Crippen LogP contribution in [0.4, 0.5) is 4.79 Å². The highest BCUT2D eigenvalue weighted by Gasteiger charge is 2.70. The van der Waals surface area contributed by atoms with Gasteiger partial charge in [0.05, 0.1) is 24.8 Å². The van der Waals surface area contributed by atoms with Crippen molar-refractivity contribution < 1.29 is 38.6 Å². The standard InChI is InChI=1S/C33H57N5O8/c1-12-14-21(25(39)28(41)34-15-13-2)35-27(40)24-23-20(33(23,10)11)16-38(24)29(42)26(32(7,8)9)37-30(43)36-22(18(3)4)17-45-31(44)46-19(5)6/h13,18-24,26,31,44H,2,12,14-17H2,1,3-11H3,(H,34,41)(H,35,40)(H2,36,37,43)/t20-,21?,22+,23-,24?,26?,31?/m0/s1. The molecule has 1 aliphatic carbocycles. The van der Waals surface area contributed by atoms with Crippen LogP contribution in [0.1, 0.15) is 82.1 Å². The SMILES string of the molecule is C=CCNC(=O)C(=O)C(CCC)NC(=O)C1[C@@H]2[C@H](CN1C(=O)C(NC(=O)N[C@H](COC(O)OC(C)C)C(C)C)C(C)(C)C)C2(C)C. The second-order valence-corrected chi connectivity index (χ2v) is 14.7. The Hall–Kier alpha value is -3.03. The summed E-state index contributed by atoms with van der Waals surface area (Å²) in [7, 11) is 0. The largest absolute Gasteiger partial charge is 0.346 e. The van der Waals surface area contributed by atoms with Gasteiger partial charge in [-0.15, -0.1) is 6.58 Å². The molecule has 1 saturated carbocycles. The Bertz CT molecular complexity index is 1120. The molecule has 1 heterocycles. The lowest BCUT2D eigenvalue weighted by Crippen LogP contribution is -2.62. The van der Waals surface area contributed by atoms with E-state index >= 15 is 0 Å². The number of piperidine rings is 1. The molecule has 13 heteroatoms. The van der Waals surface area contributed by atoms with Crippen molar-refractivity contribution in [3.8, 4) is 0 Å². The third-order valence-corrected chi connectivity index (χ3v) is 8.92. The van der Waals surface area contributed by atoms with Crippen LogP contribution in [0.25, 0.3) is 0 Å². The van der Waals surface area contributed by atoms with Crippen LogP contribution in [0.15, 0.2) is 12.7 Å². The molecule has 1 saturated heterocycles. The third-order valence-electron chi connectivity index (χ3n) is 8.92. The van der Waals surface area contributed by atoms with Gasteiger partial charge in [0.15, 0.2) is 0 Å². The van der Waals surface area contributed by atoms with E-state index in [0.29, 0.717) is 13.0 Å². The average Bonchev–Trinajstić information content (AvgIpc) is 3.26. The van der Waals surface area contributed by atoms with E-state index < -0.39 is 65.6 Å². The van der Waals surface area contributed by atoms with E-state index in [-0.39, 0.29) is 48.8 Å². The lowest BCUT2D eigenvalue weighted by molar-refractivity contribution is -0.279. The van der Waals surface area contributed by atoms with Gasteiger partial charge in [-0.25, -0.2) is 4.79 Å². The maximum atomic E-state index is 14.2. The summed E-state index contributed by atoms with van der Waals surface area (Å²) in [5, 5.41) is 20.8. The Balaban J connectivity index is 2.24. The minimum Gasteiger partial charge on any atom is -0.346 e. The van der Waals surface area contributed by atoms with Crippen molar-refractivity contribution in [1.82, 2.24) is 26.2 Å². The molecule has 0 bridgehead atoms. The fourth-order valence-corrected chi connectivity index (χ4v) is 6.05. The van der Waals surface area contributed by atoms with E-state index in [9.17, 15) is 29.1 Å². The van der Waals surface area contributed by atoms with Crippen molar-refractivity contribution in [2.75, 3.05) is 19.7 Å². The van der Waals surface area contributed by atoms with E-state index in [4.69, 9.17) is 9.47 Å². The minimum atomic E-state index is -1.45. The number of hydrogen-bond acceptors (Lipinski definition) is 8. The molecular formula is C33H57N5O8. The summed E-state index contributed by atoms with van der Waals surface area (Å²) in [5.74, 6) is -2.61. The molecule has 5 N–H and O–H groups in total. The first-order chi connectivity index (χ1) is 21.3. The van der Waals surface area contributed by atoms with Gasteiger partial charge in [0.2, 0.25) is 17.6 Å². The van der Waals surface area contributed by atoms with Crippen molar-refractivity contribution >= 4 is 29.5 Å². The van der Waals surface area contributed by atoms with Crippen molar-refractivity contribution in [3.63, 3.8) is 0 Å². The molecule has 5 amide bonds. The minimum absolute atomic E-state index is 0.0246. The van der Waals surface area contributed by atoms with E-state index in [1.807, 2.05) is 55.4 Å². The van der Waals surface area contributed by atoms with Gasteiger partial charge in [-0.1, -0.05) is 67.9 Å². The van der Waals surface area contributed by atoms with E-state index in [0.717, 1.165) is 0 Å². The summed E-state index contributed by atoms with van der Waals surface area (Å²) in [6, 6.07) is -4.01. The molecule has 2 fully saturated rings. The van der Waals surface area contributed by atoms with E-state index in [1.54, 1.807) is 13.8 Å². The summed E-state index contributed by atoms with van der Waals surface area (Å²) in [6.45, 7) is 21.2. The molecule has 0 aromatic heterocycles. The number of aliphatic hydroxyl groups excluding tert-OH is 1. The second kappa shape index (κ2) is 16.2. The van der Waals surface area contributed by atoms with Crippen LogP contribution < -0.4 is 21.3 Å². The number of Topliss-reactive ketones (excluding diaryl/α,β-unsaturated/α-hetero) is 1.